The number of piperidine rings is 1. The Kier molecular flexibility index (Phi) is 4.03. The molecular formula is C19H21N3O3. The van der Waals surface area contributed by atoms with E-state index in [1.165, 1.54) is 0 Å². The highest BCUT2D eigenvalue weighted by atomic mass is 16.5. The van der Waals surface area contributed by atoms with Gasteiger partial charge in [-0.05, 0) is 24.3 Å². The fourth-order valence-electron chi connectivity index (χ4n) is 3.87. The molecule has 25 heavy (non-hydrogen) atoms. The third kappa shape index (κ3) is 3.16. The lowest BCUT2D eigenvalue weighted by Gasteiger charge is -2.34. The van der Waals surface area contributed by atoms with Gasteiger partial charge in [-0.25, -0.2) is 0 Å². The molecule has 130 valence electrons. The lowest BCUT2D eigenvalue weighted by atomic mass is 9.88. The first-order chi connectivity index (χ1) is 12.1. The molecule has 2 fully saturated rings. The number of fused-ring (bicyclic) bond motifs is 1. The van der Waals surface area contributed by atoms with Crippen molar-refractivity contribution in [2.45, 2.75) is 19.9 Å². The van der Waals surface area contributed by atoms with Crippen molar-refractivity contribution >= 4 is 11.8 Å². The topological polar surface area (TPSA) is 66.7 Å². The van der Waals surface area contributed by atoms with Crippen LogP contribution < -0.4 is 0 Å². The van der Waals surface area contributed by atoms with Crippen LogP contribution in [0, 0.1) is 18.8 Å². The number of aryl methyl sites for hydroxylation is 1. The van der Waals surface area contributed by atoms with Crippen molar-refractivity contribution in [2.24, 2.45) is 11.8 Å². The van der Waals surface area contributed by atoms with Gasteiger partial charge in [-0.1, -0.05) is 35.5 Å². The summed E-state index contributed by atoms with van der Waals surface area (Å²) in [5.74, 6) is 1.28. The van der Waals surface area contributed by atoms with E-state index in [0.717, 1.165) is 5.56 Å². The molecule has 0 spiro atoms. The number of hydrogen-bond donors (Lipinski definition) is 0. The van der Waals surface area contributed by atoms with E-state index in [2.05, 4.69) is 5.16 Å². The van der Waals surface area contributed by atoms with Crippen molar-refractivity contribution < 1.29 is 14.1 Å². The molecule has 0 radical (unpaired) electrons. The van der Waals surface area contributed by atoms with Gasteiger partial charge < -0.3 is 14.3 Å². The molecule has 1 aromatic heterocycles. The van der Waals surface area contributed by atoms with E-state index >= 15 is 0 Å². The highest BCUT2D eigenvalue weighted by Gasteiger charge is 2.42. The maximum Gasteiger partial charge on any atom is 0.276 e. The molecule has 1 aromatic carbocycles. The average molecular weight is 339 g/mol. The van der Waals surface area contributed by atoms with Gasteiger partial charge in [0, 0.05) is 38.7 Å². The molecule has 2 saturated heterocycles. The van der Waals surface area contributed by atoms with Crippen molar-refractivity contribution in [1.82, 2.24) is 15.0 Å². The highest BCUT2D eigenvalue weighted by Crippen LogP contribution is 2.33. The summed E-state index contributed by atoms with van der Waals surface area (Å²) < 4.78 is 5.00. The zero-order chi connectivity index (χ0) is 17.4. The molecule has 4 rings (SSSR count). The van der Waals surface area contributed by atoms with Gasteiger partial charge in [0.25, 0.3) is 5.91 Å². The Bertz CT molecular complexity index is 786. The van der Waals surface area contributed by atoms with Crippen LogP contribution in [0.3, 0.4) is 0 Å². The molecule has 2 aliphatic rings. The number of carbonyl (C=O) groups excluding carboxylic acids is 2. The minimum atomic E-state index is -0.103. The molecule has 0 unspecified atom stereocenters. The number of benzene rings is 1. The molecule has 2 aliphatic heterocycles. The summed E-state index contributed by atoms with van der Waals surface area (Å²) in [6, 6.07) is 11.7. The Morgan fingerprint density at radius 3 is 2.68 bits per heavy atom. The Labute approximate surface area is 146 Å². The second-order valence-electron chi connectivity index (χ2n) is 7.02. The van der Waals surface area contributed by atoms with Gasteiger partial charge in [0.05, 0.1) is 0 Å². The molecule has 0 saturated carbocycles. The normalized spacial score (nSPS) is 23.0. The van der Waals surface area contributed by atoms with Crippen LogP contribution in [0.1, 0.15) is 28.2 Å². The van der Waals surface area contributed by atoms with Gasteiger partial charge in [0.2, 0.25) is 5.91 Å². The lowest BCUT2D eigenvalue weighted by molar-refractivity contribution is -0.136. The van der Waals surface area contributed by atoms with E-state index in [0.29, 0.717) is 50.0 Å². The van der Waals surface area contributed by atoms with Crippen LogP contribution in [0.25, 0.3) is 0 Å². The van der Waals surface area contributed by atoms with Gasteiger partial charge in [0.1, 0.15) is 5.76 Å². The van der Waals surface area contributed by atoms with E-state index in [-0.39, 0.29) is 17.7 Å². The van der Waals surface area contributed by atoms with Crippen LogP contribution in [0.4, 0.5) is 0 Å². The minimum Gasteiger partial charge on any atom is -0.361 e. The zero-order valence-electron chi connectivity index (χ0n) is 14.2. The fraction of sp³-hybridized carbons (Fsp3) is 0.421. The first-order valence-corrected chi connectivity index (χ1v) is 8.64. The van der Waals surface area contributed by atoms with E-state index in [4.69, 9.17) is 4.52 Å². The quantitative estimate of drug-likeness (QED) is 0.859. The molecule has 0 bridgehead atoms. The van der Waals surface area contributed by atoms with E-state index < -0.39 is 0 Å². The first kappa shape index (κ1) is 15.9. The SMILES string of the molecule is Cc1cc(C(=O)N2C[C@H]3CN(Cc4ccccc4)C(=O)C[C@H]3C2)no1. The molecule has 3 heterocycles. The predicted octanol–water partition coefficient (Wildman–Crippen LogP) is 2.10. The average Bonchev–Trinajstić information content (AvgIpc) is 3.21. The van der Waals surface area contributed by atoms with Crippen molar-refractivity contribution in [3.05, 3.63) is 53.4 Å². The largest absolute Gasteiger partial charge is 0.361 e. The molecule has 6 nitrogen and oxygen atoms in total. The second kappa shape index (κ2) is 6.35. The van der Waals surface area contributed by atoms with Gasteiger partial charge in [-0.2, -0.15) is 0 Å². The Morgan fingerprint density at radius 2 is 1.96 bits per heavy atom. The summed E-state index contributed by atoms with van der Waals surface area (Å²) in [5.41, 5.74) is 1.49. The molecule has 2 atom stereocenters. The Balaban J connectivity index is 1.43. The van der Waals surface area contributed by atoms with E-state index in [1.807, 2.05) is 40.1 Å². The number of likely N-dealkylation sites (tertiary alicyclic amines) is 2. The first-order valence-electron chi connectivity index (χ1n) is 8.64. The predicted molar refractivity (Wildman–Crippen MR) is 90.6 cm³/mol. The molecule has 0 aliphatic carbocycles. The van der Waals surface area contributed by atoms with Crippen LogP contribution in [-0.2, 0) is 11.3 Å². The molecule has 2 amide bonds. The smallest absolute Gasteiger partial charge is 0.276 e. The van der Waals surface area contributed by atoms with Crippen LogP contribution in [0.5, 0.6) is 0 Å². The lowest BCUT2D eigenvalue weighted by Crippen LogP contribution is -2.43. The second-order valence-corrected chi connectivity index (χ2v) is 7.02. The Morgan fingerprint density at radius 1 is 1.20 bits per heavy atom. The third-order valence-corrected chi connectivity index (χ3v) is 5.17. The van der Waals surface area contributed by atoms with Gasteiger partial charge in [0.15, 0.2) is 5.69 Å². The maximum absolute atomic E-state index is 12.6. The number of amides is 2. The van der Waals surface area contributed by atoms with Crippen LogP contribution in [-0.4, -0.2) is 46.4 Å². The van der Waals surface area contributed by atoms with Gasteiger partial charge in [-0.15, -0.1) is 0 Å². The number of rotatable bonds is 3. The summed E-state index contributed by atoms with van der Waals surface area (Å²) in [6.45, 7) is 4.42. The van der Waals surface area contributed by atoms with Crippen LogP contribution >= 0.6 is 0 Å². The molecular weight excluding hydrogens is 318 g/mol. The summed E-state index contributed by atoms with van der Waals surface area (Å²) in [5, 5.41) is 3.82. The van der Waals surface area contributed by atoms with Gasteiger partial charge >= 0.3 is 0 Å². The Hall–Kier alpha value is -2.63. The number of nitrogens with zero attached hydrogens (tertiary/aromatic N) is 3. The van der Waals surface area contributed by atoms with Crippen LogP contribution in [0.2, 0.25) is 0 Å². The minimum absolute atomic E-state index is 0.103. The standard InChI is InChI=1S/C19H21N3O3/c1-13-7-17(20-25-13)19(24)22-10-15-8-18(23)21(11-16(15)12-22)9-14-5-3-2-4-6-14/h2-7,15-16H,8-12H2,1H3/t15-,16+/m0/s1. The molecule has 0 N–H and O–H groups in total. The molecule has 6 heteroatoms. The van der Waals surface area contributed by atoms with E-state index in [1.54, 1.807) is 13.0 Å². The van der Waals surface area contributed by atoms with Crippen LogP contribution in [0.15, 0.2) is 40.9 Å². The monoisotopic (exact) mass is 339 g/mol. The number of aromatic nitrogens is 1. The summed E-state index contributed by atoms with van der Waals surface area (Å²) in [7, 11) is 0. The summed E-state index contributed by atoms with van der Waals surface area (Å²) in [4.78, 5) is 28.8. The summed E-state index contributed by atoms with van der Waals surface area (Å²) >= 11 is 0. The van der Waals surface area contributed by atoms with Crippen molar-refractivity contribution in [1.29, 1.82) is 0 Å². The number of hydrogen-bond acceptors (Lipinski definition) is 4. The fourth-order valence-corrected chi connectivity index (χ4v) is 3.87. The molecule has 2 aromatic rings. The van der Waals surface area contributed by atoms with Crippen molar-refractivity contribution in [3.8, 4) is 0 Å². The van der Waals surface area contributed by atoms with Crippen molar-refractivity contribution in [2.75, 3.05) is 19.6 Å². The van der Waals surface area contributed by atoms with Crippen molar-refractivity contribution in [3.63, 3.8) is 0 Å². The highest BCUT2D eigenvalue weighted by molar-refractivity contribution is 5.92. The number of carbonyl (C=O) groups is 2. The van der Waals surface area contributed by atoms with E-state index in [9.17, 15) is 9.59 Å². The van der Waals surface area contributed by atoms with Gasteiger partial charge in [-0.3, -0.25) is 9.59 Å². The zero-order valence-corrected chi connectivity index (χ0v) is 14.2. The maximum atomic E-state index is 12.6. The summed E-state index contributed by atoms with van der Waals surface area (Å²) in [6.07, 6.45) is 0.513. The third-order valence-electron chi connectivity index (χ3n) is 5.17.